The molecule has 0 saturated carbocycles. The first-order valence-electron chi connectivity index (χ1n) is 6.12. The highest BCUT2D eigenvalue weighted by Gasteiger charge is 2.34. The molecule has 0 spiro atoms. The molecule has 0 bridgehead atoms. The standard InChI is InChI=1S/C12H10ClN3O5S/c13-22(20,21)7-8-3-12(17)15(6-8)11-2-1-10(16(18)19)4-9(11)5-14/h1-2,4,8H,3,6-7H2. The number of nitro benzene ring substituents is 1. The van der Waals surface area contributed by atoms with E-state index in [4.69, 9.17) is 15.9 Å². The average Bonchev–Trinajstić information content (AvgIpc) is 2.76. The highest BCUT2D eigenvalue weighted by molar-refractivity contribution is 8.13. The van der Waals surface area contributed by atoms with Crippen LogP contribution in [0.1, 0.15) is 12.0 Å². The van der Waals surface area contributed by atoms with E-state index in [1.807, 2.05) is 6.07 Å². The lowest BCUT2D eigenvalue weighted by molar-refractivity contribution is -0.384. The number of amides is 1. The summed E-state index contributed by atoms with van der Waals surface area (Å²) in [7, 11) is 1.45. The van der Waals surface area contributed by atoms with Gasteiger partial charge in [0, 0.05) is 41.7 Å². The summed E-state index contributed by atoms with van der Waals surface area (Å²) in [6, 6.07) is 5.39. The Balaban J connectivity index is 2.31. The Labute approximate surface area is 130 Å². The Morgan fingerprint density at radius 2 is 2.18 bits per heavy atom. The lowest BCUT2D eigenvalue weighted by atomic mass is 10.1. The third-order valence-electron chi connectivity index (χ3n) is 3.24. The average molecular weight is 344 g/mol. The van der Waals surface area contributed by atoms with Gasteiger partial charge in [-0.1, -0.05) is 0 Å². The van der Waals surface area contributed by atoms with E-state index in [2.05, 4.69) is 0 Å². The van der Waals surface area contributed by atoms with Gasteiger partial charge >= 0.3 is 0 Å². The predicted molar refractivity (Wildman–Crippen MR) is 77.9 cm³/mol. The summed E-state index contributed by atoms with van der Waals surface area (Å²) in [5, 5.41) is 19.8. The van der Waals surface area contributed by atoms with Gasteiger partial charge in [-0.25, -0.2) is 8.42 Å². The number of nitrogens with zero attached hydrogens (tertiary/aromatic N) is 3. The Hall–Kier alpha value is -2.18. The van der Waals surface area contributed by atoms with Crippen LogP contribution in [0.5, 0.6) is 0 Å². The molecule has 1 aromatic carbocycles. The number of anilines is 1. The van der Waals surface area contributed by atoms with Crippen LogP contribution in [0.3, 0.4) is 0 Å². The van der Waals surface area contributed by atoms with E-state index in [9.17, 15) is 23.3 Å². The molecule has 0 aliphatic carbocycles. The largest absolute Gasteiger partial charge is 0.311 e. The van der Waals surface area contributed by atoms with Crippen molar-refractivity contribution in [3.05, 3.63) is 33.9 Å². The van der Waals surface area contributed by atoms with E-state index in [1.54, 1.807) is 0 Å². The molecule has 1 atom stereocenters. The Morgan fingerprint density at radius 1 is 1.50 bits per heavy atom. The summed E-state index contributed by atoms with van der Waals surface area (Å²) in [5.74, 6) is -1.17. The second kappa shape index (κ2) is 5.90. The van der Waals surface area contributed by atoms with Crippen molar-refractivity contribution in [2.45, 2.75) is 6.42 Å². The van der Waals surface area contributed by atoms with Crippen LogP contribution in [0.15, 0.2) is 18.2 Å². The Bertz CT molecular complexity index is 786. The van der Waals surface area contributed by atoms with Crippen LogP contribution in [0.2, 0.25) is 0 Å². The minimum Gasteiger partial charge on any atom is -0.311 e. The zero-order valence-corrected chi connectivity index (χ0v) is 12.7. The van der Waals surface area contributed by atoms with E-state index in [0.717, 1.165) is 6.07 Å². The van der Waals surface area contributed by atoms with E-state index in [1.165, 1.54) is 17.0 Å². The lowest BCUT2D eigenvalue weighted by Crippen LogP contribution is -2.26. The van der Waals surface area contributed by atoms with Crippen molar-refractivity contribution in [3.8, 4) is 6.07 Å². The highest BCUT2D eigenvalue weighted by Crippen LogP contribution is 2.31. The monoisotopic (exact) mass is 343 g/mol. The first-order chi connectivity index (χ1) is 10.2. The number of nitriles is 1. The van der Waals surface area contributed by atoms with Crippen molar-refractivity contribution in [1.82, 2.24) is 0 Å². The highest BCUT2D eigenvalue weighted by atomic mass is 35.7. The molecule has 1 aromatic rings. The number of benzene rings is 1. The molecule has 1 saturated heterocycles. The van der Waals surface area contributed by atoms with Gasteiger partial charge in [0.1, 0.15) is 6.07 Å². The van der Waals surface area contributed by atoms with Crippen molar-refractivity contribution in [2.75, 3.05) is 17.2 Å². The summed E-state index contributed by atoms with van der Waals surface area (Å²) in [6.07, 6.45) is -0.00614. The number of hydrogen-bond donors (Lipinski definition) is 0. The smallest absolute Gasteiger partial charge is 0.270 e. The molecule has 0 radical (unpaired) electrons. The molecule has 8 nitrogen and oxygen atoms in total. The SMILES string of the molecule is N#Cc1cc([N+](=O)[O-])ccc1N1CC(CS(=O)(=O)Cl)CC1=O. The predicted octanol–water partition coefficient (Wildman–Crippen LogP) is 1.39. The van der Waals surface area contributed by atoms with Gasteiger partial charge < -0.3 is 4.90 Å². The maximum absolute atomic E-state index is 12.0. The van der Waals surface area contributed by atoms with Gasteiger partial charge in [0.25, 0.3) is 5.69 Å². The molecule has 10 heteroatoms. The summed E-state index contributed by atoms with van der Waals surface area (Å²) >= 11 is 0. The van der Waals surface area contributed by atoms with Gasteiger partial charge in [-0.15, -0.1) is 0 Å². The molecule has 1 aliphatic heterocycles. The maximum Gasteiger partial charge on any atom is 0.270 e. The number of carbonyl (C=O) groups is 1. The van der Waals surface area contributed by atoms with Crippen molar-refractivity contribution in [2.24, 2.45) is 5.92 Å². The van der Waals surface area contributed by atoms with Crippen LogP contribution in [0.25, 0.3) is 0 Å². The van der Waals surface area contributed by atoms with E-state index in [0.29, 0.717) is 0 Å². The molecule has 1 heterocycles. The number of halogens is 1. The summed E-state index contributed by atoms with van der Waals surface area (Å²) < 4.78 is 22.2. The molecule has 22 heavy (non-hydrogen) atoms. The summed E-state index contributed by atoms with van der Waals surface area (Å²) in [5.41, 5.74) is -0.0451. The van der Waals surface area contributed by atoms with Gasteiger partial charge in [0.05, 0.1) is 21.9 Å². The molecule has 1 fully saturated rings. The fraction of sp³-hybridized carbons (Fsp3) is 0.333. The van der Waals surface area contributed by atoms with Crippen LogP contribution in [0, 0.1) is 27.4 Å². The number of carbonyl (C=O) groups excluding carboxylic acids is 1. The molecule has 0 N–H and O–H groups in total. The third-order valence-corrected chi connectivity index (χ3v) is 4.49. The number of hydrogen-bond acceptors (Lipinski definition) is 6. The molecular weight excluding hydrogens is 334 g/mol. The first-order valence-corrected chi connectivity index (χ1v) is 8.60. The fourth-order valence-corrected chi connectivity index (χ4v) is 3.69. The van der Waals surface area contributed by atoms with Gasteiger partial charge in [0.2, 0.25) is 15.0 Å². The van der Waals surface area contributed by atoms with Crippen molar-refractivity contribution >= 4 is 37.0 Å². The van der Waals surface area contributed by atoms with E-state index in [-0.39, 0.29) is 41.6 Å². The van der Waals surface area contributed by atoms with Gasteiger partial charge in [-0.2, -0.15) is 5.26 Å². The normalized spacial score (nSPS) is 18.3. The second-order valence-corrected chi connectivity index (χ2v) is 7.67. The minimum atomic E-state index is -3.73. The van der Waals surface area contributed by atoms with E-state index >= 15 is 0 Å². The maximum atomic E-state index is 12.0. The molecule has 0 aromatic heterocycles. The van der Waals surface area contributed by atoms with Crippen LogP contribution in [-0.2, 0) is 13.8 Å². The topological polar surface area (TPSA) is 121 Å². The van der Waals surface area contributed by atoms with Gasteiger partial charge in [-0.3, -0.25) is 14.9 Å². The van der Waals surface area contributed by atoms with Crippen molar-refractivity contribution < 1.29 is 18.1 Å². The molecular formula is C12H10ClN3O5S. The zero-order chi connectivity index (χ0) is 16.5. The van der Waals surface area contributed by atoms with Crippen molar-refractivity contribution in [3.63, 3.8) is 0 Å². The third kappa shape index (κ3) is 3.52. The van der Waals surface area contributed by atoms with Crippen LogP contribution >= 0.6 is 10.7 Å². The van der Waals surface area contributed by atoms with Crippen LogP contribution in [-0.4, -0.2) is 31.5 Å². The summed E-state index contributed by atoms with van der Waals surface area (Å²) in [6.45, 7) is 0.0945. The number of nitro groups is 1. The molecule has 1 unspecified atom stereocenters. The fourth-order valence-electron chi connectivity index (χ4n) is 2.37. The van der Waals surface area contributed by atoms with Crippen LogP contribution in [0.4, 0.5) is 11.4 Å². The second-order valence-electron chi connectivity index (χ2n) is 4.85. The molecule has 2 rings (SSSR count). The zero-order valence-electron chi connectivity index (χ0n) is 11.1. The van der Waals surface area contributed by atoms with E-state index < -0.39 is 19.9 Å². The number of non-ortho nitro benzene ring substituents is 1. The first kappa shape index (κ1) is 16.2. The lowest BCUT2D eigenvalue weighted by Gasteiger charge is -2.17. The molecule has 1 aliphatic rings. The van der Waals surface area contributed by atoms with Crippen molar-refractivity contribution in [1.29, 1.82) is 5.26 Å². The minimum absolute atomic E-state index is 0.00614. The molecule has 1 amide bonds. The summed E-state index contributed by atoms with van der Waals surface area (Å²) in [4.78, 5) is 23.3. The van der Waals surface area contributed by atoms with Gasteiger partial charge in [-0.05, 0) is 6.07 Å². The van der Waals surface area contributed by atoms with Gasteiger partial charge in [0.15, 0.2) is 0 Å². The Kier molecular flexibility index (Phi) is 4.35. The Morgan fingerprint density at radius 3 is 2.73 bits per heavy atom. The quantitative estimate of drug-likeness (QED) is 0.462. The number of rotatable bonds is 4. The molecule has 116 valence electrons. The van der Waals surface area contributed by atoms with Crippen LogP contribution < -0.4 is 4.90 Å².